The van der Waals surface area contributed by atoms with E-state index in [2.05, 4.69) is 36.1 Å². The van der Waals surface area contributed by atoms with Crippen LogP contribution in [0, 0.1) is 12.8 Å². The minimum absolute atomic E-state index is 0.0931. The second-order valence-electron chi connectivity index (χ2n) is 10.7. The Bertz CT molecular complexity index is 1100. The molecule has 1 saturated carbocycles. The first-order valence-electron chi connectivity index (χ1n) is 13.6. The summed E-state index contributed by atoms with van der Waals surface area (Å²) in [4.78, 5) is 27.7. The average Bonchev–Trinajstić information content (AvgIpc) is 3.43. The summed E-state index contributed by atoms with van der Waals surface area (Å²) in [5.41, 5.74) is 5.22. The third kappa shape index (κ3) is 5.78. The highest BCUT2D eigenvalue weighted by atomic mass is 35.5. The van der Waals surface area contributed by atoms with Gasteiger partial charge in [-0.15, -0.1) is 0 Å². The van der Waals surface area contributed by atoms with E-state index in [9.17, 15) is 9.59 Å². The molecule has 1 atom stereocenters. The summed E-state index contributed by atoms with van der Waals surface area (Å²) in [5.74, 6) is 1.40. The second kappa shape index (κ2) is 11.4. The van der Waals surface area contributed by atoms with Crippen LogP contribution in [0.3, 0.4) is 0 Å². The lowest BCUT2D eigenvalue weighted by molar-refractivity contribution is -0.138. The average molecular weight is 509 g/mol. The third-order valence-electron chi connectivity index (χ3n) is 8.16. The molecule has 2 fully saturated rings. The van der Waals surface area contributed by atoms with Gasteiger partial charge in [-0.05, 0) is 79.0 Å². The molecule has 5 rings (SSSR count). The van der Waals surface area contributed by atoms with Gasteiger partial charge in [0.1, 0.15) is 12.4 Å². The number of carbonyl (C=O) groups excluding carboxylic acids is 2. The molecule has 6 heteroatoms. The molecular formula is C30H37ClN2O3. The Labute approximate surface area is 219 Å². The Kier molecular flexibility index (Phi) is 7.97. The molecule has 2 amide bonds. The first-order valence-corrected chi connectivity index (χ1v) is 13.9. The maximum atomic E-state index is 11.8. The van der Waals surface area contributed by atoms with Crippen LogP contribution in [0.1, 0.15) is 79.7 Å². The van der Waals surface area contributed by atoms with Gasteiger partial charge in [0.2, 0.25) is 11.8 Å². The molecule has 2 aromatic carbocycles. The summed E-state index contributed by atoms with van der Waals surface area (Å²) in [5, 5.41) is 0.831. The van der Waals surface area contributed by atoms with Crippen LogP contribution in [0.25, 0.3) is 0 Å². The van der Waals surface area contributed by atoms with Crippen molar-refractivity contribution in [2.24, 2.45) is 5.92 Å². The molecule has 2 aliphatic carbocycles. The number of rotatable bonds is 9. The van der Waals surface area contributed by atoms with E-state index in [4.69, 9.17) is 16.3 Å². The Hall–Kier alpha value is -2.37. The summed E-state index contributed by atoms with van der Waals surface area (Å²) in [7, 11) is 0. The van der Waals surface area contributed by atoms with E-state index in [-0.39, 0.29) is 11.8 Å². The summed E-state index contributed by atoms with van der Waals surface area (Å²) in [6.07, 6.45) is 9.65. The van der Waals surface area contributed by atoms with Crippen molar-refractivity contribution < 1.29 is 14.3 Å². The highest BCUT2D eigenvalue weighted by Crippen LogP contribution is 2.39. The van der Waals surface area contributed by atoms with Crippen LogP contribution < -0.4 is 4.74 Å². The third-order valence-corrected chi connectivity index (χ3v) is 8.40. The zero-order valence-corrected chi connectivity index (χ0v) is 22.1. The van der Waals surface area contributed by atoms with Gasteiger partial charge >= 0.3 is 0 Å². The van der Waals surface area contributed by atoms with E-state index in [1.54, 1.807) is 0 Å². The predicted octanol–water partition coefficient (Wildman–Crippen LogP) is 6.25. The molecule has 1 saturated heterocycles. The number of carbonyl (C=O) groups is 2. The summed E-state index contributed by atoms with van der Waals surface area (Å²) in [6, 6.07) is 13.3. The zero-order valence-electron chi connectivity index (χ0n) is 21.3. The smallest absolute Gasteiger partial charge is 0.229 e. The maximum Gasteiger partial charge on any atom is 0.229 e. The van der Waals surface area contributed by atoms with Crippen molar-refractivity contribution in [1.29, 1.82) is 0 Å². The Morgan fingerprint density at radius 3 is 2.50 bits per heavy atom. The van der Waals surface area contributed by atoms with Gasteiger partial charge in [-0.2, -0.15) is 0 Å². The molecule has 5 nitrogen and oxygen atoms in total. The van der Waals surface area contributed by atoms with Gasteiger partial charge in [0.15, 0.2) is 0 Å². The zero-order chi connectivity index (χ0) is 25.1. The monoisotopic (exact) mass is 508 g/mol. The fraction of sp³-hybridized carbons (Fsp3) is 0.533. The standard InChI is InChI=1S/C30H37ClN2O3/c1-21-17-23(7-12-28(21)36-16-15-33-29(34)13-14-30(33)35)20-32(19-22-5-3-2-4-6-22)27-11-8-24-18-25(31)9-10-26(24)27/h7,9-10,12,17-18,22,27H,2-6,8,11,13-16,19-20H2,1H3. The van der Waals surface area contributed by atoms with Gasteiger partial charge in [0, 0.05) is 37.0 Å². The topological polar surface area (TPSA) is 49.9 Å². The van der Waals surface area contributed by atoms with Crippen LogP contribution in [0.2, 0.25) is 5.02 Å². The van der Waals surface area contributed by atoms with Crippen LogP contribution in [0.15, 0.2) is 36.4 Å². The molecule has 1 unspecified atom stereocenters. The van der Waals surface area contributed by atoms with E-state index in [1.165, 1.54) is 53.7 Å². The predicted molar refractivity (Wildman–Crippen MR) is 142 cm³/mol. The van der Waals surface area contributed by atoms with E-state index >= 15 is 0 Å². The number of amides is 2. The molecule has 1 heterocycles. The molecule has 1 aliphatic heterocycles. The van der Waals surface area contributed by atoms with Gasteiger partial charge in [-0.3, -0.25) is 19.4 Å². The fourth-order valence-corrected chi connectivity index (χ4v) is 6.47. The number of imide groups is 1. The first-order chi connectivity index (χ1) is 17.5. The van der Waals surface area contributed by atoms with Crippen LogP contribution in [-0.2, 0) is 22.6 Å². The lowest BCUT2D eigenvalue weighted by atomic mass is 9.88. The molecule has 36 heavy (non-hydrogen) atoms. The number of benzene rings is 2. The molecule has 0 spiro atoms. The summed E-state index contributed by atoms with van der Waals surface area (Å²) < 4.78 is 5.96. The van der Waals surface area contributed by atoms with Gasteiger partial charge < -0.3 is 4.74 Å². The van der Waals surface area contributed by atoms with Crippen LogP contribution in [0.5, 0.6) is 5.75 Å². The van der Waals surface area contributed by atoms with Crippen LogP contribution in [0.4, 0.5) is 0 Å². The number of ether oxygens (including phenoxy) is 1. The largest absolute Gasteiger partial charge is 0.491 e. The van der Waals surface area contributed by atoms with Gasteiger partial charge in [0.05, 0.1) is 6.54 Å². The first kappa shape index (κ1) is 25.3. The highest BCUT2D eigenvalue weighted by molar-refractivity contribution is 6.30. The molecule has 0 radical (unpaired) electrons. The van der Waals surface area contributed by atoms with Crippen molar-refractivity contribution >= 4 is 23.4 Å². The number of hydrogen-bond donors (Lipinski definition) is 0. The van der Waals surface area contributed by atoms with Crippen molar-refractivity contribution in [3.63, 3.8) is 0 Å². The lowest BCUT2D eigenvalue weighted by Gasteiger charge is -2.34. The van der Waals surface area contributed by atoms with Crippen molar-refractivity contribution in [3.05, 3.63) is 63.7 Å². The number of aryl methyl sites for hydroxylation is 2. The van der Waals surface area contributed by atoms with Crippen LogP contribution in [-0.4, -0.2) is 41.3 Å². The highest BCUT2D eigenvalue weighted by Gasteiger charge is 2.31. The number of fused-ring (bicyclic) bond motifs is 1. The molecular weight excluding hydrogens is 472 g/mol. The normalized spacial score (nSPS) is 20.4. The van der Waals surface area contributed by atoms with E-state index in [1.807, 2.05) is 12.1 Å². The van der Waals surface area contributed by atoms with Crippen LogP contribution >= 0.6 is 11.6 Å². The van der Waals surface area contributed by atoms with Crippen molar-refractivity contribution in [2.75, 3.05) is 19.7 Å². The molecule has 0 bridgehead atoms. The lowest BCUT2D eigenvalue weighted by Crippen LogP contribution is -2.33. The quantitative estimate of drug-likeness (QED) is 0.376. The molecule has 3 aliphatic rings. The van der Waals surface area contributed by atoms with Gasteiger partial charge in [0.25, 0.3) is 0 Å². The molecule has 0 N–H and O–H groups in total. The molecule has 2 aromatic rings. The Morgan fingerprint density at radius 1 is 0.972 bits per heavy atom. The van der Waals surface area contributed by atoms with E-state index in [0.717, 1.165) is 48.2 Å². The number of halogens is 1. The summed E-state index contributed by atoms with van der Waals surface area (Å²) in [6.45, 7) is 4.78. The molecule has 192 valence electrons. The van der Waals surface area contributed by atoms with Crippen molar-refractivity contribution in [3.8, 4) is 5.75 Å². The Balaban J connectivity index is 1.27. The van der Waals surface area contributed by atoms with E-state index < -0.39 is 0 Å². The second-order valence-corrected chi connectivity index (χ2v) is 11.2. The minimum atomic E-state index is -0.0931. The minimum Gasteiger partial charge on any atom is -0.491 e. The SMILES string of the molecule is Cc1cc(CN(CC2CCCCC2)C2CCc3cc(Cl)ccc32)ccc1OCCN1C(=O)CCC1=O. The summed E-state index contributed by atoms with van der Waals surface area (Å²) >= 11 is 6.29. The number of nitrogens with zero attached hydrogens (tertiary/aromatic N) is 2. The van der Waals surface area contributed by atoms with Crippen molar-refractivity contribution in [1.82, 2.24) is 9.80 Å². The Morgan fingerprint density at radius 2 is 1.75 bits per heavy atom. The van der Waals surface area contributed by atoms with Crippen molar-refractivity contribution in [2.45, 2.75) is 77.3 Å². The fourth-order valence-electron chi connectivity index (χ4n) is 6.27. The van der Waals surface area contributed by atoms with E-state index in [0.29, 0.717) is 32.0 Å². The van der Waals surface area contributed by atoms with Gasteiger partial charge in [-0.25, -0.2) is 0 Å². The number of hydrogen-bond acceptors (Lipinski definition) is 4. The number of likely N-dealkylation sites (tertiary alicyclic amines) is 1. The van der Waals surface area contributed by atoms with Gasteiger partial charge in [-0.1, -0.05) is 49.1 Å². The maximum absolute atomic E-state index is 11.8. The molecule has 0 aromatic heterocycles.